The average molecular weight is 241 g/mol. The van der Waals surface area contributed by atoms with Crippen LogP contribution in [0.1, 0.15) is 22.4 Å². The second kappa shape index (κ2) is 3.99. The van der Waals surface area contributed by atoms with Gasteiger partial charge in [0.2, 0.25) is 0 Å². The van der Waals surface area contributed by atoms with Gasteiger partial charge in [0.1, 0.15) is 0 Å². The van der Waals surface area contributed by atoms with Crippen LogP contribution in [0.2, 0.25) is 5.02 Å². The molecule has 2 aromatic rings. The molecule has 2 rings (SSSR count). The van der Waals surface area contributed by atoms with E-state index in [9.17, 15) is 0 Å². The number of aryl methyl sites for hydroxylation is 3. The molecule has 0 unspecified atom stereocenters. The van der Waals surface area contributed by atoms with Gasteiger partial charge in [0.05, 0.1) is 16.4 Å². The van der Waals surface area contributed by atoms with Gasteiger partial charge in [-0.15, -0.1) is 11.3 Å². The minimum Gasteiger partial charge on any atom is -0.238 e. The first-order valence-electron chi connectivity index (χ1n) is 4.93. The average Bonchev–Trinajstić information content (AvgIpc) is 2.69. The Hall–Kier alpha value is -0.800. The summed E-state index contributed by atoms with van der Waals surface area (Å²) >= 11 is 7.86. The number of aromatic nitrogens is 2. The van der Waals surface area contributed by atoms with Gasteiger partial charge in [-0.2, -0.15) is 5.10 Å². The maximum absolute atomic E-state index is 6.07. The molecule has 2 heterocycles. The van der Waals surface area contributed by atoms with Gasteiger partial charge < -0.3 is 0 Å². The minimum absolute atomic E-state index is 0.751. The first-order valence-corrected chi connectivity index (χ1v) is 6.12. The molecular weight excluding hydrogens is 228 g/mol. The van der Waals surface area contributed by atoms with E-state index in [0.29, 0.717) is 0 Å². The summed E-state index contributed by atoms with van der Waals surface area (Å²) in [6.45, 7) is 6.27. The fourth-order valence-electron chi connectivity index (χ4n) is 1.60. The highest BCUT2D eigenvalue weighted by Crippen LogP contribution is 2.26. The number of thiophene rings is 1. The molecular formula is C11H13ClN2S. The largest absolute Gasteiger partial charge is 0.238 e. The van der Waals surface area contributed by atoms with Crippen molar-refractivity contribution in [3.8, 4) is 5.69 Å². The van der Waals surface area contributed by atoms with E-state index in [1.807, 2.05) is 10.9 Å². The summed E-state index contributed by atoms with van der Waals surface area (Å²) in [4.78, 5) is 2.57. The van der Waals surface area contributed by atoms with E-state index in [2.05, 4.69) is 31.9 Å². The molecule has 4 heteroatoms. The second-order valence-corrected chi connectivity index (χ2v) is 5.39. The monoisotopic (exact) mass is 240 g/mol. The maximum atomic E-state index is 6.07. The maximum Gasteiger partial charge on any atom is 0.0822 e. The smallest absolute Gasteiger partial charge is 0.0822 e. The number of rotatable bonds is 2. The summed E-state index contributed by atoms with van der Waals surface area (Å²) in [5.74, 6) is 0. The summed E-state index contributed by atoms with van der Waals surface area (Å²) in [5, 5.41) is 5.21. The molecule has 0 saturated heterocycles. The van der Waals surface area contributed by atoms with Crippen LogP contribution in [0.25, 0.3) is 5.69 Å². The van der Waals surface area contributed by atoms with Crippen LogP contribution in [0.3, 0.4) is 0 Å². The fraction of sp³-hybridized carbons (Fsp3) is 0.364. The van der Waals surface area contributed by atoms with Crippen LogP contribution >= 0.6 is 22.9 Å². The zero-order valence-corrected chi connectivity index (χ0v) is 10.6. The second-order valence-electron chi connectivity index (χ2n) is 3.52. The Bertz CT molecular complexity index is 485. The molecule has 0 aromatic carbocycles. The molecule has 0 atom stereocenters. The fourth-order valence-corrected chi connectivity index (χ4v) is 2.77. The van der Waals surface area contributed by atoms with Crippen molar-refractivity contribution in [2.45, 2.75) is 27.2 Å². The molecule has 15 heavy (non-hydrogen) atoms. The molecule has 0 fully saturated rings. The molecule has 2 nitrogen and oxygen atoms in total. The lowest BCUT2D eigenvalue weighted by molar-refractivity contribution is 0.840. The van der Waals surface area contributed by atoms with Crippen molar-refractivity contribution >= 4 is 22.9 Å². The molecule has 2 aromatic heterocycles. The van der Waals surface area contributed by atoms with E-state index in [0.717, 1.165) is 22.8 Å². The molecule has 0 aliphatic carbocycles. The van der Waals surface area contributed by atoms with Gasteiger partial charge in [-0.05, 0) is 26.3 Å². The lowest BCUT2D eigenvalue weighted by Crippen LogP contribution is -1.95. The van der Waals surface area contributed by atoms with E-state index in [-0.39, 0.29) is 0 Å². The Balaban J connectivity index is 2.49. The SMILES string of the molecule is CCc1nn(-c2cc(C)sc2C)cc1Cl. The summed E-state index contributed by atoms with van der Waals surface area (Å²) in [7, 11) is 0. The summed E-state index contributed by atoms with van der Waals surface area (Å²) in [6, 6.07) is 2.14. The van der Waals surface area contributed by atoms with Crippen LogP contribution in [0.4, 0.5) is 0 Å². The summed E-state index contributed by atoms with van der Waals surface area (Å²) in [6.07, 6.45) is 2.75. The van der Waals surface area contributed by atoms with Gasteiger partial charge in [0.25, 0.3) is 0 Å². The summed E-state index contributed by atoms with van der Waals surface area (Å²) in [5.41, 5.74) is 2.10. The Morgan fingerprint density at radius 3 is 2.67 bits per heavy atom. The van der Waals surface area contributed by atoms with Gasteiger partial charge in [-0.1, -0.05) is 18.5 Å². The Kier molecular flexibility index (Phi) is 2.85. The number of hydrogen-bond donors (Lipinski definition) is 0. The summed E-state index contributed by atoms with van der Waals surface area (Å²) < 4.78 is 1.88. The third-order valence-electron chi connectivity index (χ3n) is 2.34. The van der Waals surface area contributed by atoms with E-state index >= 15 is 0 Å². The van der Waals surface area contributed by atoms with E-state index in [1.165, 1.54) is 9.75 Å². The molecule has 0 aliphatic heterocycles. The number of hydrogen-bond acceptors (Lipinski definition) is 2. The van der Waals surface area contributed by atoms with Crippen LogP contribution in [0.5, 0.6) is 0 Å². The minimum atomic E-state index is 0.751. The van der Waals surface area contributed by atoms with E-state index in [1.54, 1.807) is 11.3 Å². The van der Waals surface area contributed by atoms with Gasteiger partial charge in [0.15, 0.2) is 0 Å². The highest BCUT2D eigenvalue weighted by molar-refractivity contribution is 7.12. The lowest BCUT2D eigenvalue weighted by Gasteiger charge is -1.97. The number of halogens is 1. The van der Waals surface area contributed by atoms with E-state index in [4.69, 9.17) is 11.6 Å². The predicted octanol–water partition coefficient (Wildman–Crippen LogP) is 3.77. The quantitative estimate of drug-likeness (QED) is 0.782. The van der Waals surface area contributed by atoms with Crippen molar-refractivity contribution in [3.63, 3.8) is 0 Å². The van der Waals surface area contributed by atoms with E-state index < -0.39 is 0 Å². The molecule has 0 spiro atoms. The lowest BCUT2D eigenvalue weighted by atomic mass is 10.3. The highest BCUT2D eigenvalue weighted by atomic mass is 35.5. The van der Waals surface area contributed by atoms with Crippen LogP contribution in [-0.2, 0) is 6.42 Å². The van der Waals surface area contributed by atoms with Gasteiger partial charge in [-0.3, -0.25) is 0 Å². The Morgan fingerprint density at radius 2 is 2.20 bits per heavy atom. The molecule has 0 saturated carbocycles. The highest BCUT2D eigenvalue weighted by Gasteiger charge is 2.09. The van der Waals surface area contributed by atoms with Crippen molar-refractivity contribution in [3.05, 3.63) is 32.7 Å². The third kappa shape index (κ3) is 1.94. The van der Waals surface area contributed by atoms with Crippen LogP contribution in [0.15, 0.2) is 12.3 Å². The Labute approximate surface area is 98.5 Å². The van der Waals surface area contributed by atoms with Gasteiger partial charge >= 0.3 is 0 Å². The molecule has 0 N–H and O–H groups in total. The van der Waals surface area contributed by atoms with Crippen molar-refractivity contribution in [2.75, 3.05) is 0 Å². The van der Waals surface area contributed by atoms with Crippen molar-refractivity contribution < 1.29 is 0 Å². The predicted molar refractivity (Wildman–Crippen MR) is 65.3 cm³/mol. The van der Waals surface area contributed by atoms with Crippen molar-refractivity contribution in [1.29, 1.82) is 0 Å². The molecule has 0 bridgehead atoms. The zero-order valence-electron chi connectivity index (χ0n) is 9.04. The molecule has 0 aliphatic rings. The van der Waals surface area contributed by atoms with Crippen LogP contribution in [0, 0.1) is 13.8 Å². The number of nitrogens with zero attached hydrogens (tertiary/aromatic N) is 2. The van der Waals surface area contributed by atoms with Crippen LogP contribution in [-0.4, -0.2) is 9.78 Å². The third-order valence-corrected chi connectivity index (χ3v) is 3.61. The Morgan fingerprint density at radius 1 is 1.47 bits per heavy atom. The van der Waals surface area contributed by atoms with Gasteiger partial charge in [-0.25, -0.2) is 4.68 Å². The van der Waals surface area contributed by atoms with Crippen LogP contribution < -0.4 is 0 Å². The standard InChI is InChI=1S/C11H13ClN2S/c1-4-10-9(12)6-14(13-10)11-5-7(2)15-8(11)3/h5-6H,4H2,1-3H3. The topological polar surface area (TPSA) is 17.8 Å². The zero-order chi connectivity index (χ0) is 11.0. The van der Waals surface area contributed by atoms with Gasteiger partial charge in [0, 0.05) is 16.0 Å². The molecule has 0 radical (unpaired) electrons. The van der Waals surface area contributed by atoms with Crippen molar-refractivity contribution in [1.82, 2.24) is 9.78 Å². The molecule has 80 valence electrons. The van der Waals surface area contributed by atoms with Crippen molar-refractivity contribution in [2.24, 2.45) is 0 Å². The normalized spacial score (nSPS) is 10.9. The first kappa shape index (κ1) is 10.7. The first-order chi connectivity index (χ1) is 7.11. The molecule has 0 amide bonds.